The minimum Gasteiger partial charge on any atom is -0.307 e. The molecule has 1 aliphatic rings. The molecule has 1 heterocycles. The van der Waals surface area contributed by atoms with E-state index in [9.17, 15) is 0 Å². The first-order valence-electron chi connectivity index (χ1n) is 6.54. The SMILES string of the molecule is CCCn1cc(CNC2(CC)CCC2)cn1. The summed E-state index contributed by atoms with van der Waals surface area (Å²) in [5, 5.41) is 8.05. The van der Waals surface area contributed by atoms with Crippen molar-refractivity contribution < 1.29 is 0 Å². The molecule has 0 amide bonds. The Morgan fingerprint density at radius 1 is 1.44 bits per heavy atom. The minimum absolute atomic E-state index is 0.437. The quantitative estimate of drug-likeness (QED) is 0.800. The van der Waals surface area contributed by atoms with E-state index < -0.39 is 0 Å². The lowest BCUT2D eigenvalue weighted by Crippen LogP contribution is -2.49. The highest BCUT2D eigenvalue weighted by molar-refractivity contribution is 5.06. The number of rotatable bonds is 6. The lowest BCUT2D eigenvalue weighted by Gasteiger charge is -2.42. The Morgan fingerprint density at radius 2 is 2.25 bits per heavy atom. The van der Waals surface area contributed by atoms with Gasteiger partial charge >= 0.3 is 0 Å². The highest BCUT2D eigenvalue weighted by Gasteiger charge is 2.34. The molecule has 0 unspecified atom stereocenters. The fourth-order valence-electron chi connectivity index (χ4n) is 2.40. The smallest absolute Gasteiger partial charge is 0.0534 e. The molecule has 1 aromatic rings. The van der Waals surface area contributed by atoms with Crippen molar-refractivity contribution in [2.75, 3.05) is 0 Å². The second-order valence-corrected chi connectivity index (χ2v) is 4.95. The van der Waals surface area contributed by atoms with Gasteiger partial charge in [-0.25, -0.2) is 0 Å². The molecule has 0 saturated heterocycles. The molecule has 1 aliphatic carbocycles. The molecule has 1 aromatic heterocycles. The number of aryl methyl sites for hydroxylation is 1. The van der Waals surface area contributed by atoms with Gasteiger partial charge in [0.1, 0.15) is 0 Å². The largest absolute Gasteiger partial charge is 0.307 e. The van der Waals surface area contributed by atoms with Gasteiger partial charge in [0, 0.05) is 30.4 Å². The van der Waals surface area contributed by atoms with Crippen molar-refractivity contribution in [3.8, 4) is 0 Å². The number of nitrogens with one attached hydrogen (secondary N) is 1. The van der Waals surface area contributed by atoms with E-state index in [0.717, 1.165) is 19.5 Å². The molecule has 1 saturated carbocycles. The van der Waals surface area contributed by atoms with Crippen molar-refractivity contribution in [2.24, 2.45) is 0 Å². The first-order chi connectivity index (χ1) is 7.78. The van der Waals surface area contributed by atoms with Crippen LogP contribution in [0.4, 0.5) is 0 Å². The zero-order chi connectivity index (χ0) is 11.4. The van der Waals surface area contributed by atoms with E-state index in [1.54, 1.807) is 0 Å². The molecule has 2 rings (SSSR count). The van der Waals surface area contributed by atoms with Crippen molar-refractivity contribution in [3.05, 3.63) is 18.0 Å². The monoisotopic (exact) mass is 221 g/mol. The molecule has 1 N–H and O–H groups in total. The van der Waals surface area contributed by atoms with Crippen molar-refractivity contribution in [1.82, 2.24) is 15.1 Å². The Bertz CT molecular complexity index is 320. The van der Waals surface area contributed by atoms with E-state index in [-0.39, 0.29) is 0 Å². The van der Waals surface area contributed by atoms with E-state index >= 15 is 0 Å². The maximum absolute atomic E-state index is 4.35. The van der Waals surface area contributed by atoms with Crippen molar-refractivity contribution in [2.45, 2.75) is 64.6 Å². The average Bonchev–Trinajstić information content (AvgIpc) is 2.66. The first kappa shape index (κ1) is 11.6. The number of hydrogen-bond donors (Lipinski definition) is 1. The summed E-state index contributed by atoms with van der Waals surface area (Å²) in [6, 6.07) is 0. The van der Waals surface area contributed by atoms with Crippen LogP contribution in [-0.2, 0) is 13.1 Å². The van der Waals surface area contributed by atoms with Gasteiger partial charge in [-0.3, -0.25) is 4.68 Å². The highest BCUT2D eigenvalue weighted by Crippen LogP contribution is 2.34. The summed E-state index contributed by atoms with van der Waals surface area (Å²) in [4.78, 5) is 0. The summed E-state index contributed by atoms with van der Waals surface area (Å²) in [5.41, 5.74) is 1.75. The summed E-state index contributed by atoms with van der Waals surface area (Å²) in [5.74, 6) is 0. The fourth-order valence-corrected chi connectivity index (χ4v) is 2.40. The van der Waals surface area contributed by atoms with Crippen LogP contribution < -0.4 is 5.32 Å². The summed E-state index contributed by atoms with van der Waals surface area (Å²) in [6.45, 7) is 6.46. The number of nitrogens with zero attached hydrogens (tertiary/aromatic N) is 2. The predicted octanol–water partition coefficient (Wildman–Crippen LogP) is 2.72. The van der Waals surface area contributed by atoms with Crippen LogP contribution in [0.5, 0.6) is 0 Å². The van der Waals surface area contributed by atoms with Crippen molar-refractivity contribution in [3.63, 3.8) is 0 Å². The molecule has 16 heavy (non-hydrogen) atoms. The maximum atomic E-state index is 4.35. The van der Waals surface area contributed by atoms with Crippen molar-refractivity contribution >= 4 is 0 Å². The summed E-state index contributed by atoms with van der Waals surface area (Å²) < 4.78 is 2.04. The fraction of sp³-hybridized carbons (Fsp3) is 0.769. The van der Waals surface area contributed by atoms with Gasteiger partial charge in [0.15, 0.2) is 0 Å². The topological polar surface area (TPSA) is 29.9 Å². The van der Waals surface area contributed by atoms with Crippen LogP contribution in [0.3, 0.4) is 0 Å². The van der Waals surface area contributed by atoms with Crippen LogP contribution in [0.25, 0.3) is 0 Å². The molecule has 3 heteroatoms. The van der Waals surface area contributed by atoms with Crippen LogP contribution >= 0.6 is 0 Å². The van der Waals surface area contributed by atoms with Gasteiger partial charge in [-0.15, -0.1) is 0 Å². The number of hydrogen-bond acceptors (Lipinski definition) is 2. The Hall–Kier alpha value is -0.830. The lowest BCUT2D eigenvalue weighted by molar-refractivity contribution is 0.175. The molecular formula is C13H23N3. The first-order valence-corrected chi connectivity index (χ1v) is 6.54. The Balaban J connectivity index is 1.84. The molecule has 90 valence electrons. The number of aromatic nitrogens is 2. The second kappa shape index (κ2) is 5.00. The van der Waals surface area contributed by atoms with E-state index in [1.807, 2.05) is 10.9 Å². The predicted molar refractivity (Wildman–Crippen MR) is 66.2 cm³/mol. The molecule has 0 aromatic carbocycles. The van der Waals surface area contributed by atoms with Crippen LogP contribution in [0, 0.1) is 0 Å². The van der Waals surface area contributed by atoms with E-state index in [2.05, 4.69) is 30.5 Å². The van der Waals surface area contributed by atoms with Crippen LogP contribution in [0.15, 0.2) is 12.4 Å². The van der Waals surface area contributed by atoms with Crippen LogP contribution in [0.1, 0.15) is 51.5 Å². The molecule has 0 bridgehead atoms. The molecule has 0 radical (unpaired) electrons. The minimum atomic E-state index is 0.437. The third-order valence-corrected chi connectivity index (χ3v) is 3.79. The van der Waals surface area contributed by atoms with Gasteiger partial charge in [0.2, 0.25) is 0 Å². The zero-order valence-corrected chi connectivity index (χ0v) is 10.5. The average molecular weight is 221 g/mol. The van der Waals surface area contributed by atoms with Gasteiger partial charge in [0.05, 0.1) is 6.20 Å². The Labute approximate surface area is 98.2 Å². The standard InChI is InChI=1S/C13H23N3/c1-3-8-16-11-12(10-15-16)9-14-13(4-2)6-5-7-13/h10-11,14H,3-9H2,1-2H3. The van der Waals surface area contributed by atoms with Crippen LogP contribution in [0.2, 0.25) is 0 Å². The lowest BCUT2D eigenvalue weighted by atomic mass is 9.75. The Kier molecular flexibility index (Phi) is 3.64. The Morgan fingerprint density at radius 3 is 2.81 bits per heavy atom. The maximum Gasteiger partial charge on any atom is 0.0534 e. The summed E-state index contributed by atoms with van der Waals surface area (Å²) in [6.07, 6.45) is 10.6. The molecule has 0 atom stereocenters. The van der Waals surface area contributed by atoms with Crippen LogP contribution in [-0.4, -0.2) is 15.3 Å². The molecule has 0 aliphatic heterocycles. The molecule has 1 fully saturated rings. The van der Waals surface area contributed by atoms with Gasteiger partial charge in [-0.05, 0) is 32.1 Å². The highest BCUT2D eigenvalue weighted by atomic mass is 15.3. The van der Waals surface area contributed by atoms with E-state index in [4.69, 9.17) is 0 Å². The van der Waals surface area contributed by atoms with E-state index in [1.165, 1.54) is 31.2 Å². The summed E-state index contributed by atoms with van der Waals surface area (Å²) >= 11 is 0. The van der Waals surface area contributed by atoms with Gasteiger partial charge in [0.25, 0.3) is 0 Å². The molecule has 0 spiro atoms. The normalized spacial score (nSPS) is 18.4. The van der Waals surface area contributed by atoms with Gasteiger partial charge < -0.3 is 5.32 Å². The summed E-state index contributed by atoms with van der Waals surface area (Å²) in [7, 11) is 0. The van der Waals surface area contributed by atoms with E-state index in [0.29, 0.717) is 5.54 Å². The molecule has 3 nitrogen and oxygen atoms in total. The van der Waals surface area contributed by atoms with Gasteiger partial charge in [-0.1, -0.05) is 13.8 Å². The third kappa shape index (κ3) is 2.46. The second-order valence-electron chi connectivity index (χ2n) is 4.95. The zero-order valence-electron chi connectivity index (χ0n) is 10.5. The molecular weight excluding hydrogens is 198 g/mol. The van der Waals surface area contributed by atoms with Gasteiger partial charge in [-0.2, -0.15) is 5.10 Å². The third-order valence-electron chi connectivity index (χ3n) is 3.79. The van der Waals surface area contributed by atoms with Crippen molar-refractivity contribution in [1.29, 1.82) is 0 Å².